The lowest BCUT2D eigenvalue weighted by Crippen LogP contribution is -2.43. The van der Waals surface area contributed by atoms with E-state index in [2.05, 4.69) is 6.92 Å². The zero-order chi connectivity index (χ0) is 22.9. The fourth-order valence-corrected chi connectivity index (χ4v) is 6.28. The van der Waals surface area contributed by atoms with Crippen molar-refractivity contribution in [3.05, 3.63) is 40.9 Å². The molecule has 0 N–H and O–H groups in total. The quantitative estimate of drug-likeness (QED) is 0.465. The molecule has 3 saturated heterocycles. The number of amides is 2. The van der Waals surface area contributed by atoms with E-state index in [-0.39, 0.29) is 24.0 Å². The third kappa shape index (κ3) is 4.61. The number of thiocarbonyl (C=S) groups is 1. The molecule has 0 spiro atoms. The molecule has 8 heteroatoms. The maximum atomic E-state index is 13.1. The fraction of sp³-hybridized carbons (Fsp3) is 0.480. The fourth-order valence-electron chi connectivity index (χ4n) is 5.02. The summed E-state index contributed by atoms with van der Waals surface area (Å²) in [6.07, 6.45) is 9.30. The molecule has 33 heavy (non-hydrogen) atoms. The molecule has 4 heterocycles. The Labute approximate surface area is 203 Å². The number of benzene rings is 1. The molecule has 1 aromatic heterocycles. The van der Waals surface area contributed by atoms with E-state index in [4.69, 9.17) is 17.0 Å². The summed E-state index contributed by atoms with van der Waals surface area (Å²) in [5.41, 5.74) is 1.93. The van der Waals surface area contributed by atoms with Crippen LogP contribution in [0.1, 0.15) is 44.6 Å². The van der Waals surface area contributed by atoms with E-state index in [1.54, 1.807) is 4.90 Å². The zero-order valence-corrected chi connectivity index (χ0v) is 20.5. The molecule has 3 fully saturated rings. The number of ether oxygens (including phenoxy) is 1. The number of hydrogen-bond donors (Lipinski definition) is 0. The first kappa shape index (κ1) is 22.6. The Morgan fingerprint density at radius 3 is 2.88 bits per heavy atom. The topological polar surface area (TPSA) is 54.8 Å². The van der Waals surface area contributed by atoms with E-state index < -0.39 is 0 Å². The number of hydrogen-bond acceptors (Lipinski definition) is 5. The molecule has 0 bridgehead atoms. The Bertz CT molecular complexity index is 1120. The predicted molar refractivity (Wildman–Crippen MR) is 136 cm³/mol. The Hall–Kier alpha value is -2.16. The van der Waals surface area contributed by atoms with E-state index in [1.165, 1.54) is 18.2 Å². The highest BCUT2D eigenvalue weighted by molar-refractivity contribution is 8.26. The van der Waals surface area contributed by atoms with Crippen molar-refractivity contribution in [2.75, 3.05) is 19.7 Å². The number of carbonyl (C=O) groups is 2. The maximum absolute atomic E-state index is 13.1. The van der Waals surface area contributed by atoms with Gasteiger partial charge in [0.15, 0.2) is 0 Å². The lowest BCUT2D eigenvalue weighted by Gasteiger charge is -2.33. The predicted octanol–water partition coefficient (Wildman–Crippen LogP) is 4.42. The second kappa shape index (κ2) is 9.60. The second-order valence-electron chi connectivity index (χ2n) is 9.09. The van der Waals surface area contributed by atoms with E-state index in [1.807, 2.05) is 46.0 Å². The number of para-hydroxylation sites is 1. The van der Waals surface area contributed by atoms with Gasteiger partial charge in [-0.05, 0) is 51.2 Å². The first-order valence-corrected chi connectivity index (χ1v) is 13.0. The average molecular weight is 484 g/mol. The summed E-state index contributed by atoms with van der Waals surface area (Å²) in [6.45, 7) is 4.54. The summed E-state index contributed by atoms with van der Waals surface area (Å²) in [5, 5.41) is 1.03. The molecular weight excluding hydrogens is 454 g/mol. The van der Waals surface area contributed by atoms with E-state index in [0.717, 1.165) is 55.3 Å². The molecule has 174 valence electrons. The summed E-state index contributed by atoms with van der Waals surface area (Å²) in [5.74, 6) is 0.0907. The van der Waals surface area contributed by atoms with Gasteiger partial charge in [-0.15, -0.1) is 0 Å². The first-order chi connectivity index (χ1) is 16.0. The van der Waals surface area contributed by atoms with Crippen molar-refractivity contribution in [2.24, 2.45) is 0 Å². The van der Waals surface area contributed by atoms with Gasteiger partial charge in [0.25, 0.3) is 5.91 Å². The molecule has 0 saturated carbocycles. The van der Waals surface area contributed by atoms with Crippen molar-refractivity contribution in [1.82, 2.24) is 14.4 Å². The SMILES string of the molecule is C[C@@H]1CCCCN1C(=O)Cn1cc(/C=C2\SC(=S)N(C[C@H]3CCCO3)C2=O)c2ccccc21. The van der Waals surface area contributed by atoms with Crippen LogP contribution in [0.4, 0.5) is 0 Å². The van der Waals surface area contributed by atoms with Crippen LogP contribution in [-0.2, 0) is 20.9 Å². The van der Waals surface area contributed by atoms with Crippen LogP contribution in [0.5, 0.6) is 0 Å². The number of fused-ring (bicyclic) bond motifs is 1. The lowest BCUT2D eigenvalue weighted by atomic mass is 10.0. The standard InChI is InChI=1S/C25H29N3O3S2/c1-17-7-4-5-11-27(17)23(29)16-26-14-18(20-9-2-3-10-21(20)26)13-22-24(30)28(25(32)33-22)15-19-8-6-12-31-19/h2-3,9-10,13-14,17,19H,4-8,11-12,15-16H2,1H3/b22-13-/t17-,19-/m1/s1. The van der Waals surface area contributed by atoms with Crippen LogP contribution >= 0.6 is 24.0 Å². The van der Waals surface area contributed by atoms with Crippen LogP contribution in [0.2, 0.25) is 0 Å². The van der Waals surface area contributed by atoms with Gasteiger partial charge < -0.3 is 14.2 Å². The van der Waals surface area contributed by atoms with Crippen LogP contribution in [0.25, 0.3) is 17.0 Å². The van der Waals surface area contributed by atoms with E-state index >= 15 is 0 Å². The second-order valence-corrected chi connectivity index (χ2v) is 10.8. The minimum Gasteiger partial charge on any atom is -0.376 e. The largest absolute Gasteiger partial charge is 0.376 e. The minimum absolute atomic E-state index is 0.0597. The van der Waals surface area contributed by atoms with Crippen molar-refractivity contribution in [3.8, 4) is 0 Å². The Balaban J connectivity index is 1.40. The van der Waals surface area contributed by atoms with Gasteiger partial charge in [-0.1, -0.05) is 42.2 Å². The molecule has 3 aliphatic rings. The lowest BCUT2D eigenvalue weighted by molar-refractivity contribution is -0.135. The Morgan fingerprint density at radius 1 is 1.24 bits per heavy atom. The third-order valence-electron chi connectivity index (χ3n) is 6.82. The van der Waals surface area contributed by atoms with Crippen molar-refractivity contribution < 1.29 is 14.3 Å². The highest BCUT2D eigenvalue weighted by Gasteiger charge is 2.35. The summed E-state index contributed by atoms with van der Waals surface area (Å²) >= 11 is 6.85. The van der Waals surface area contributed by atoms with Gasteiger partial charge in [-0.2, -0.15) is 0 Å². The normalized spacial score (nSPS) is 25.1. The Morgan fingerprint density at radius 2 is 2.09 bits per heavy atom. The maximum Gasteiger partial charge on any atom is 0.266 e. The number of carbonyl (C=O) groups excluding carboxylic acids is 2. The van der Waals surface area contributed by atoms with Gasteiger partial charge in [-0.25, -0.2) is 0 Å². The highest BCUT2D eigenvalue weighted by Crippen LogP contribution is 2.35. The van der Waals surface area contributed by atoms with Crippen LogP contribution in [0, 0.1) is 0 Å². The van der Waals surface area contributed by atoms with Gasteiger partial charge in [0, 0.05) is 41.9 Å². The molecular formula is C25H29N3O3S2. The van der Waals surface area contributed by atoms with Crippen molar-refractivity contribution in [3.63, 3.8) is 0 Å². The first-order valence-electron chi connectivity index (χ1n) is 11.8. The van der Waals surface area contributed by atoms with Gasteiger partial charge in [0.05, 0.1) is 17.6 Å². The van der Waals surface area contributed by atoms with Gasteiger partial charge >= 0.3 is 0 Å². The number of likely N-dealkylation sites (tertiary alicyclic amines) is 1. The summed E-state index contributed by atoms with van der Waals surface area (Å²) in [6, 6.07) is 8.33. The molecule has 0 aliphatic carbocycles. The number of nitrogens with zero attached hydrogens (tertiary/aromatic N) is 3. The average Bonchev–Trinajstić information content (AvgIpc) is 3.51. The van der Waals surface area contributed by atoms with Crippen LogP contribution in [0.3, 0.4) is 0 Å². The van der Waals surface area contributed by atoms with Crippen LogP contribution < -0.4 is 0 Å². The number of thioether (sulfide) groups is 1. The summed E-state index contributed by atoms with van der Waals surface area (Å²) in [4.78, 5) is 30.5. The summed E-state index contributed by atoms with van der Waals surface area (Å²) in [7, 11) is 0. The molecule has 0 radical (unpaired) electrons. The molecule has 2 atom stereocenters. The molecule has 2 amide bonds. The molecule has 0 unspecified atom stereocenters. The molecule has 1 aromatic carbocycles. The van der Waals surface area contributed by atoms with Crippen molar-refractivity contribution in [1.29, 1.82) is 0 Å². The smallest absolute Gasteiger partial charge is 0.266 e. The van der Waals surface area contributed by atoms with Crippen molar-refractivity contribution in [2.45, 2.75) is 57.7 Å². The summed E-state index contributed by atoms with van der Waals surface area (Å²) < 4.78 is 8.29. The van der Waals surface area contributed by atoms with E-state index in [0.29, 0.717) is 22.3 Å². The number of aromatic nitrogens is 1. The zero-order valence-electron chi connectivity index (χ0n) is 18.9. The number of piperidine rings is 1. The van der Waals surface area contributed by atoms with Crippen molar-refractivity contribution >= 4 is 57.1 Å². The van der Waals surface area contributed by atoms with Gasteiger partial charge in [0.1, 0.15) is 10.9 Å². The Kier molecular flexibility index (Phi) is 6.58. The third-order valence-corrected chi connectivity index (χ3v) is 8.20. The molecule has 6 nitrogen and oxygen atoms in total. The van der Waals surface area contributed by atoms with E-state index in [9.17, 15) is 9.59 Å². The van der Waals surface area contributed by atoms with Gasteiger partial charge in [-0.3, -0.25) is 14.5 Å². The highest BCUT2D eigenvalue weighted by atomic mass is 32.2. The molecule has 2 aromatic rings. The van der Waals surface area contributed by atoms with Crippen LogP contribution in [-0.4, -0.2) is 62.3 Å². The van der Waals surface area contributed by atoms with Crippen LogP contribution in [0.15, 0.2) is 35.4 Å². The molecule has 5 rings (SSSR count). The monoisotopic (exact) mass is 483 g/mol. The number of rotatable bonds is 5. The molecule has 3 aliphatic heterocycles. The minimum atomic E-state index is -0.0597. The van der Waals surface area contributed by atoms with Gasteiger partial charge in [0.2, 0.25) is 5.91 Å².